The Kier molecular flexibility index (Phi) is 3.05. The van der Waals surface area contributed by atoms with Crippen molar-refractivity contribution in [3.05, 3.63) is 65.6 Å². The van der Waals surface area contributed by atoms with Crippen LogP contribution >= 0.6 is 0 Å². The van der Waals surface area contributed by atoms with E-state index < -0.39 is 0 Å². The summed E-state index contributed by atoms with van der Waals surface area (Å²) in [4.78, 5) is 10.9. The highest BCUT2D eigenvalue weighted by Crippen LogP contribution is 2.40. The second kappa shape index (κ2) is 5.01. The van der Waals surface area contributed by atoms with Gasteiger partial charge in [-0.1, -0.05) is 42.5 Å². The van der Waals surface area contributed by atoms with Crippen LogP contribution in [0.1, 0.15) is 0 Å². The van der Waals surface area contributed by atoms with Gasteiger partial charge in [0.2, 0.25) is 0 Å². The summed E-state index contributed by atoms with van der Waals surface area (Å²) in [5, 5.41) is 17.6. The highest BCUT2D eigenvalue weighted by atomic mass is 16.3. The molecule has 4 heteroatoms. The van der Waals surface area contributed by atoms with Crippen molar-refractivity contribution in [1.29, 1.82) is 0 Å². The summed E-state index contributed by atoms with van der Waals surface area (Å²) in [5.74, 6) is -0.128. The highest BCUT2D eigenvalue weighted by Gasteiger charge is 2.11. The van der Waals surface area contributed by atoms with E-state index in [1.165, 1.54) is 6.07 Å². The maximum atomic E-state index is 10.9. The monoisotopic (exact) mass is 264 g/mol. The molecule has 0 aromatic heterocycles. The Morgan fingerprint density at radius 3 is 2.25 bits per heavy atom. The summed E-state index contributed by atoms with van der Waals surface area (Å²) in [7, 11) is 0. The normalized spacial score (nSPS) is 10.4. The number of anilines is 2. The predicted molar refractivity (Wildman–Crippen MR) is 80.8 cm³/mol. The van der Waals surface area contributed by atoms with Gasteiger partial charge in [-0.05, 0) is 17.3 Å². The van der Waals surface area contributed by atoms with E-state index in [9.17, 15) is 10.0 Å². The van der Waals surface area contributed by atoms with Gasteiger partial charge in [0.05, 0.1) is 5.69 Å². The van der Waals surface area contributed by atoms with Crippen LogP contribution in [0.5, 0.6) is 5.75 Å². The Labute approximate surface area is 115 Å². The number of benzene rings is 3. The molecule has 0 aliphatic heterocycles. The molecule has 0 saturated heterocycles. The second-order valence-corrected chi connectivity index (χ2v) is 4.42. The predicted octanol–water partition coefficient (Wildman–Crippen LogP) is 4.69. The Morgan fingerprint density at radius 1 is 0.900 bits per heavy atom. The number of hydrogen-bond acceptors (Lipinski definition) is 4. The number of phenols is 1. The molecular formula is C16H12N2O2. The van der Waals surface area contributed by atoms with Crippen LogP contribution in [-0.4, -0.2) is 5.11 Å². The lowest BCUT2D eigenvalue weighted by Gasteiger charge is -2.12. The lowest BCUT2D eigenvalue weighted by atomic mass is 10.1. The van der Waals surface area contributed by atoms with Gasteiger partial charge in [-0.3, -0.25) is 0 Å². The summed E-state index contributed by atoms with van der Waals surface area (Å²) < 4.78 is 0. The molecule has 3 aromatic carbocycles. The minimum atomic E-state index is -0.128. The molecule has 0 amide bonds. The molecule has 0 spiro atoms. The maximum absolute atomic E-state index is 10.9. The van der Waals surface area contributed by atoms with Crippen molar-refractivity contribution in [2.75, 3.05) is 5.32 Å². The summed E-state index contributed by atoms with van der Waals surface area (Å²) in [5.41, 5.74) is 1.71. The van der Waals surface area contributed by atoms with E-state index in [0.29, 0.717) is 5.39 Å². The van der Waals surface area contributed by atoms with Gasteiger partial charge in [-0.2, -0.15) is 0 Å². The first kappa shape index (κ1) is 12.2. The molecule has 2 N–H and O–H groups in total. The van der Waals surface area contributed by atoms with E-state index in [1.54, 1.807) is 6.07 Å². The van der Waals surface area contributed by atoms with Crippen LogP contribution in [0.25, 0.3) is 10.8 Å². The molecule has 3 rings (SSSR count). The molecule has 0 atom stereocenters. The number of aromatic hydroxyl groups is 1. The van der Waals surface area contributed by atoms with Crippen LogP contribution in [0.4, 0.5) is 17.1 Å². The van der Waals surface area contributed by atoms with Gasteiger partial charge >= 0.3 is 0 Å². The van der Waals surface area contributed by atoms with E-state index in [0.717, 1.165) is 16.8 Å². The molecule has 0 aliphatic carbocycles. The first-order valence-electron chi connectivity index (χ1n) is 6.20. The van der Waals surface area contributed by atoms with Gasteiger partial charge in [0, 0.05) is 22.5 Å². The Bertz CT molecular complexity index is 770. The third kappa shape index (κ3) is 2.07. The van der Waals surface area contributed by atoms with Gasteiger partial charge < -0.3 is 10.4 Å². The number of fused-ring (bicyclic) bond motifs is 1. The Morgan fingerprint density at radius 2 is 1.55 bits per heavy atom. The largest absolute Gasteiger partial charge is 0.505 e. The zero-order valence-electron chi connectivity index (χ0n) is 10.6. The topological polar surface area (TPSA) is 61.7 Å². The van der Waals surface area contributed by atoms with Crippen molar-refractivity contribution >= 4 is 27.8 Å². The Balaban J connectivity index is 2.19. The van der Waals surface area contributed by atoms with Crippen molar-refractivity contribution in [3.8, 4) is 5.75 Å². The molecule has 0 aliphatic rings. The molecule has 98 valence electrons. The molecule has 20 heavy (non-hydrogen) atoms. The van der Waals surface area contributed by atoms with Crippen LogP contribution < -0.4 is 5.32 Å². The van der Waals surface area contributed by atoms with Gasteiger partial charge in [-0.15, -0.1) is 4.91 Å². The number of para-hydroxylation sites is 1. The fourth-order valence-corrected chi connectivity index (χ4v) is 2.22. The van der Waals surface area contributed by atoms with Gasteiger partial charge in [0.25, 0.3) is 0 Å². The van der Waals surface area contributed by atoms with Crippen molar-refractivity contribution < 1.29 is 5.11 Å². The number of phenolic OH excluding ortho intramolecular Hbond substituents is 1. The van der Waals surface area contributed by atoms with Gasteiger partial charge in [0.1, 0.15) is 5.75 Å². The first-order chi connectivity index (χ1) is 9.79. The molecule has 0 fully saturated rings. The van der Waals surface area contributed by atoms with E-state index >= 15 is 0 Å². The molecular weight excluding hydrogens is 252 g/mol. The number of nitrogens with zero attached hydrogens (tertiary/aromatic N) is 1. The van der Waals surface area contributed by atoms with Crippen molar-refractivity contribution in [3.63, 3.8) is 0 Å². The molecule has 0 heterocycles. The van der Waals surface area contributed by atoms with Crippen molar-refractivity contribution in [2.45, 2.75) is 0 Å². The van der Waals surface area contributed by atoms with Crippen LogP contribution in [0.3, 0.4) is 0 Å². The molecule has 0 saturated carbocycles. The Hall–Kier alpha value is -2.88. The number of rotatable bonds is 3. The van der Waals surface area contributed by atoms with Gasteiger partial charge in [0.15, 0.2) is 5.69 Å². The summed E-state index contributed by atoms with van der Waals surface area (Å²) in [6.07, 6.45) is 0. The number of nitrogens with one attached hydrogen (secondary N) is 1. The van der Waals surface area contributed by atoms with E-state index in [2.05, 4.69) is 10.5 Å². The van der Waals surface area contributed by atoms with Crippen LogP contribution in [0.15, 0.2) is 65.8 Å². The smallest absolute Gasteiger partial charge is 0.157 e. The number of hydrogen-bond donors (Lipinski definition) is 2. The van der Waals surface area contributed by atoms with Crippen molar-refractivity contribution in [1.82, 2.24) is 0 Å². The summed E-state index contributed by atoms with van der Waals surface area (Å²) >= 11 is 0. The van der Waals surface area contributed by atoms with Crippen LogP contribution in [0, 0.1) is 4.91 Å². The fourth-order valence-electron chi connectivity index (χ4n) is 2.22. The van der Waals surface area contributed by atoms with Crippen molar-refractivity contribution in [2.24, 2.45) is 5.18 Å². The fraction of sp³-hybridized carbons (Fsp3) is 0. The minimum Gasteiger partial charge on any atom is -0.505 e. The molecule has 3 aromatic rings. The van der Waals surface area contributed by atoms with Crippen LogP contribution in [0.2, 0.25) is 0 Å². The maximum Gasteiger partial charge on any atom is 0.157 e. The quantitative estimate of drug-likeness (QED) is 0.675. The zero-order chi connectivity index (χ0) is 13.9. The van der Waals surface area contributed by atoms with E-state index in [1.807, 2.05) is 48.5 Å². The average Bonchev–Trinajstić information content (AvgIpc) is 2.49. The van der Waals surface area contributed by atoms with E-state index in [4.69, 9.17) is 0 Å². The molecule has 0 bridgehead atoms. The summed E-state index contributed by atoms with van der Waals surface area (Å²) in [6, 6.07) is 18.5. The van der Waals surface area contributed by atoms with Gasteiger partial charge in [-0.25, -0.2) is 0 Å². The first-order valence-corrected chi connectivity index (χ1v) is 6.20. The number of nitroso groups, excluding NO2 is 1. The third-order valence-electron chi connectivity index (χ3n) is 3.14. The second-order valence-electron chi connectivity index (χ2n) is 4.42. The third-order valence-corrected chi connectivity index (χ3v) is 3.14. The SMILES string of the molecule is O=Nc1c(O)cc(Nc2ccccc2)c2ccccc12. The van der Waals surface area contributed by atoms with Crippen LogP contribution in [-0.2, 0) is 0 Å². The lowest BCUT2D eigenvalue weighted by molar-refractivity contribution is 0.478. The average molecular weight is 264 g/mol. The minimum absolute atomic E-state index is 0.0687. The molecule has 0 radical (unpaired) electrons. The standard InChI is InChI=1S/C16H12N2O2/c19-15-10-14(17-11-6-2-1-3-7-11)12-8-4-5-9-13(12)16(15)18-20/h1-10,17,19H. The summed E-state index contributed by atoms with van der Waals surface area (Å²) in [6.45, 7) is 0. The van der Waals surface area contributed by atoms with E-state index in [-0.39, 0.29) is 11.4 Å². The zero-order valence-corrected chi connectivity index (χ0v) is 10.6. The molecule has 4 nitrogen and oxygen atoms in total. The lowest BCUT2D eigenvalue weighted by Crippen LogP contribution is -1.91. The molecule has 0 unspecified atom stereocenters. The highest BCUT2D eigenvalue weighted by molar-refractivity contribution is 6.04.